The molecule has 4 rings (SSSR count). The molecule has 0 radical (unpaired) electrons. The van der Waals surface area contributed by atoms with Gasteiger partial charge in [0.1, 0.15) is 24.2 Å². The number of nitrogens with zero attached hydrogens (tertiary/aromatic N) is 5. The molecule has 0 aliphatic carbocycles. The van der Waals surface area contributed by atoms with Gasteiger partial charge < -0.3 is 30.3 Å². The highest BCUT2D eigenvalue weighted by Crippen LogP contribution is 2.38. The molecule has 0 saturated carbocycles. The van der Waals surface area contributed by atoms with Crippen molar-refractivity contribution in [3.63, 3.8) is 0 Å². The van der Waals surface area contributed by atoms with Gasteiger partial charge in [-0.1, -0.05) is 6.07 Å². The summed E-state index contributed by atoms with van der Waals surface area (Å²) in [6.45, 7) is 4.57. The zero-order valence-corrected chi connectivity index (χ0v) is 19.3. The Morgan fingerprint density at radius 1 is 1.15 bits per heavy atom. The minimum atomic E-state index is -0.454. The predicted octanol–water partition coefficient (Wildman–Crippen LogP) is 2.62. The Morgan fingerprint density at radius 3 is 2.65 bits per heavy atom. The molecule has 0 amide bonds. The van der Waals surface area contributed by atoms with Gasteiger partial charge in [0.15, 0.2) is 5.69 Å². The quantitative estimate of drug-likeness (QED) is 0.485. The Morgan fingerprint density at radius 2 is 1.94 bits per heavy atom. The normalized spacial score (nSPS) is 14.3. The number of ether oxygens (including phenoxy) is 2. The van der Waals surface area contributed by atoms with Crippen molar-refractivity contribution in [3.05, 3.63) is 47.4 Å². The summed E-state index contributed by atoms with van der Waals surface area (Å²) in [5.41, 5.74) is 8.59. The Kier molecular flexibility index (Phi) is 7.37. The van der Waals surface area contributed by atoms with Crippen LogP contribution >= 0.6 is 0 Å². The van der Waals surface area contributed by atoms with E-state index in [9.17, 15) is 9.65 Å². The number of halogens is 1. The number of likely N-dealkylation sites (N-methyl/N-ethyl adjacent to an activating group) is 1. The lowest BCUT2D eigenvalue weighted by atomic mass is 10.1. The lowest BCUT2D eigenvalue weighted by Crippen LogP contribution is -2.44. The lowest BCUT2D eigenvalue weighted by molar-refractivity contribution is 0.146. The second kappa shape index (κ2) is 10.6. The van der Waals surface area contributed by atoms with Gasteiger partial charge in [-0.05, 0) is 30.8 Å². The van der Waals surface area contributed by atoms with Crippen LogP contribution < -0.4 is 20.7 Å². The Balaban J connectivity index is 1.83. The van der Waals surface area contributed by atoms with Crippen molar-refractivity contribution in [2.45, 2.75) is 6.54 Å². The second-order valence-corrected chi connectivity index (χ2v) is 8.15. The molecule has 2 aromatic carbocycles. The lowest BCUT2D eigenvalue weighted by Gasteiger charge is -2.35. The van der Waals surface area contributed by atoms with Crippen molar-refractivity contribution < 1.29 is 13.9 Å². The Bertz CT molecular complexity index is 1210. The number of rotatable bonds is 8. The topological polar surface area (TPSA) is 113 Å². The Labute approximate surface area is 197 Å². The van der Waals surface area contributed by atoms with E-state index in [2.05, 4.69) is 38.4 Å². The monoisotopic (exact) mass is 465 g/mol. The van der Waals surface area contributed by atoms with Gasteiger partial charge in [-0.3, -0.25) is 0 Å². The highest BCUT2D eigenvalue weighted by molar-refractivity contribution is 5.98. The first-order chi connectivity index (χ1) is 16.5. The molecule has 9 nitrogen and oxygen atoms in total. The number of hydrogen-bond donors (Lipinski definition) is 2. The van der Waals surface area contributed by atoms with E-state index in [1.54, 1.807) is 19.2 Å². The molecule has 10 heteroatoms. The number of hydrogen-bond acceptors (Lipinski definition) is 9. The molecule has 1 saturated heterocycles. The summed E-state index contributed by atoms with van der Waals surface area (Å²) in [6, 6.07) is 10.4. The van der Waals surface area contributed by atoms with Crippen molar-refractivity contribution in [3.8, 4) is 11.8 Å². The molecule has 1 aliphatic rings. The summed E-state index contributed by atoms with van der Waals surface area (Å²) in [4.78, 5) is 4.51. The number of fused-ring (bicyclic) bond motifs is 1. The fraction of sp³-hybridized carbons (Fsp3) is 0.375. The summed E-state index contributed by atoms with van der Waals surface area (Å²) < 4.78 is 25.8. The fourth-order valence-electron chi connectivity index (χ4n) is 3.90. The van der Waals surface area contributed by atoms with E-state index in [1.807, 2.05) is 12.1 Å². The van der Waals surface area contributed by atoms with Gasteiger partial charge in [-0.2, -0.15) is 5.26 Å². The van der Waals surface area contributed by atoms with Crippen molar-refractivity contribution in [1.82, 2.24) is 15.1 Å². The summed E-state index contributed by atoms with van der Waals surface area (Å²) in [5.74, 6) is 0.209. The van der Waals surface area contributed by atoms with Crippen molar-refractivity contribution >= 4 is 28.0 Å². The van der Waals surface area contributed by atoms with Crippen LogP contribution in [0.1, 0.15) is 11.3 Å². The molecule has 0 unspecified atom stereocenters. The van der Waals surface area contributed by atoms with Crippen LogP contribution in [0.3, 0.4) is 0 Å². The first-order valence-corrected chi connectivity index (χ1v) is 11.1. The van der Waals surface area contributed by atoms with Crippen LogP contribution in [0.2, 0.25) is 0 Å². The van der Waals surface area contributed by atoms with Gasteiger partial charge >= 0.3 is 0 Å². The number of methoxy groups -OCH3 is 1. The molecule has 2 heterocycles. The van der Waals surface area contributed by atoms with Crippen LogP contribution in [-0.2, 0) is 11.3 Å². The maximum atomic E-state index is 14.6. The van der Waals surface area contributed by atoms with Crippen LogP contribution in [0.4, 0.5) is 21.5 Å². The molecule has 0 atom stereocenters. The van der Waals surface area contributed by atoms with E-state index >= 15 is 0 Å². The predicted molar refractivity (Wildman–Crippen MR) is 129 cm³/mol. The molecule has 0 bridgehead atoms. The zero-order chi connectivity index (χ0) is 24.1. The van der Waals surface area contributed by atoms with Crippen LogP contribution in [0.25, 0.3) is 10.9 Å². The second-order valence-electron chi connectivity index (χ2n) is 8.15. The number of nitrogens with two attached hydrogens (primary N) is 1. The van der Waals surface area contributed by atoms with E-state index in [-0.39, 0.29) is 17.9 Å². The highest BCUT2D eigenvalue weighted by Gasteiger charge is 2.22. The molecule has 34 heavy (non-hydrogen) atoms. The molecule has 1 aliphatic heterocycles. The number of aromatic nitrogens is 2. The van der Waals surface area contributed by atoms with Crippen molar-refractivity contribution in [2.24, 2.45) is 5.73 Å². The largest absolute Gasteiger partial charge is 0.489 e. The minimum Gasteiger partial charge on any atom is -0.489 e. The standard InChI is InChI=1S/C24H28FN7O2/c1-31-5-7-32(8-6-31)22-12-17-19(13-23(22)34-10-9-33-2)29-30-21(15-27)24(17)28-20-11-16(14-26)3-4-18(20)25/h3-4,11-13H,5-10,14,26H2,1-2H3,(H,28,29). The third kappa shape index (κ3) is 5.02. The SMILES string of the molecule is COCCOc1cc2nnc(C#N)c(Nc3cc(CN)ccc3F)c2cc1N1CCN(C)CC1. The minimum absolute atomic E-state index is 0.0717. The average Bonchev–Trinajstić information content (AvgIpc) is 2.86. The van der Waals surface area contributed by atoms with Gasteiger partial charge in [0.25, 0.3) is 0 Å². The highest BCUT2D eigenvalue weighted by atomic mass is 19.1. The molecular formula is C24H28FN7O2. The van der Waals surface area contributed by atoms with Crippen molar-refractivity contribution in [2.75, 3.05) is 63.8 Å². The number of benzene rings is 2. The summed E-state index contributed by atoms with van der Waals surface area (Å²) in [6.07, 6.45) is 0. The molecule has 1 fully saturated rings. The third-order valence-electron chi connectivity index (χ3n) is 5.86. The van der Waals surface area contributed by atoms with Gasteiger partial charge in [-0.15, -0.1) is 10.2 Å². The van der Waals surface area contributed by atoms with Gasteiger partial charge in [0, 0.05) is 51.3 Å². The van der Waals surface area contributed by atoms with Crippen LogP contribution in [0.5, 0.6) is 5.75 Å². The summed E-state index contributed by atoms with van der Waals surface area (Å²) in [5, 5.41) is 21.7. The fourth-order valence-corrected chi connectivity index (χ4v) is 3.90. The molecule has 3 aromatic rings. The first kappa shape index (κ1) is 23.6. The molecule has 3 N–H and O–H groups in total. The van der Waals surface area contributed by atoms with Crippen LogP contribution in [0.15, 0.2) is 30.3 Å². The Hall–Kier alpha value is -3.52. The smallest absolute Gasteiger partial charge is 0.187 e. The summed E-state index contributed by atoms with van der Waals surface area (Å²) in [7, 11) is 3.71. The van der Waals surface area contributed by atoms with Crippen LogP contribution in [-0.4, -0.2) is 68.6 Å². The number of nitriles is 1. The zero-order valence-electron chi connectivity index (χ0n) is 19.3. The van der Waals surface area contributed by atoms with E-state index in [0.29, 0.717) is 35.6 Å². The van der Waals surface area contributed by atoms with Gasteiger partial charge in [0.2, 0.25) is 0 Å². The summed E-state index contributed by atoms with van der Waals surface area (Å²) >= 11 is 0. The van der Waals surface area contributed by atoms with E-state index in [0.717, 1.165) is 37.4 Å². The van der Waals surface area contributed by atoms with Crippen molar-refractivity contribution in [1.29, 1.82) is 5.26 Å². The van der Waals surface area contributed by atoms with E-state index in [1.165, 1.54) is 6.07 Å². The average molecular weight is 466 g/mol. The van der Waals surface area contributed by atoms with Gasteiger partial charge in [-0.25, -0.2) is 4.39 Å². The van der Waals surface area contributed by atoms with Gasteiger partial charge in [0.05, 0.1) is 29.2 Å². The number of anilines is 3. The maximum Gasteiger partial charge on any atom is 0.187 e. The van der Waals surface area contributed by atoms with E-state index in [4.69, 9.17) is 15.2 Å². The van der Waals surface area contributed by atoms with E-state index < -0.39 is 5.82 Å². The molecular weight excluding hydrogens is 437 g/mol. The third-order valence-corrected chi connectivity index (χ3v) is 5.86. The first-order valence-electron chi connectivity index (χ1n) is 11.1. The number of piperazine rings is 1. The molecule has 0 spiro atoms. The molecule has 1 aromatic heterocycles. The number of nitrogens with one attached hydrogen (secondary N) is 1. The maximum absolute atomic E-state index is 14.6. The van der Waals surface area contributed by atoms with Crippen LogP contribution in [0, 0.1) is 17.1 Å². The molecule has 178 valence electrons.